The van der Waals surface area contributed by atoms with Gasteiger partial charge in [-0.05, 0) is 43.3 Å². The van der Waals surface area contributed by atoms with Gasteiger partial charge in [-0.2, -0.15) is 0 Å². The lowest BCUT2D eigenvalue weighted by Gasteiger charge is -2.19. The number of hydrogen-bond acceptors (Lipinski definition) is 6. The molecule has 0 radical (unpaired) electrons. The maximum atomic E-state index is 12.3. The molecule has 0 aliphatic carbocycles. The summed E-state index contributed by atoms with van der Waals surface area (Å²) in [4.78, 5) is 11.6. The van der Waals surface area contributed by atoms with Gasteiger partial charge in [-0.1, -0.05) is 16.8 Å². The summed E-state index contributed by atoms with van der Waals surface area (Å²) in [7, 11) is 0.433. The van der Waals surface area contributed by atoms with Gasteiger partial charge in [0.25, 0.3) is 0 Å². The molecule has 0 atom stereocenters. The SMILES string of the molecule is CCN(N=Nc1cc(Cl)ccc1OC)c1ccc(S(=O)(=O)N(C)C)cc1C(=O)O. The molecule has 2 aromatic rings. The molecule has 0 amide bonds. The van der Waals surface area contributed by atoms with Gasteiger partial charge in [0.1, 0.15) is 11.4 Å². The molecular weight excluding hydrogens is 420 g/mol. The van der Waals surface area contributed by atoms with Crippen molar-refractivity contribution in [3.8, 4) is 5.75 Å². The van der Waals surface area contributed by atoms with Crippen LogP contribution in [0.5, 0.6) is 5.75 Å². The molecule has 0 saturated carbocycles. The van der Waals surface area contributed by atoms with Crippen LogP contribution in [0.15, 0.2) is 51.6 Å². The summed E-state index contributed by atoms with van der Waals surface area (Å²) in [5.74, 6) is -0.843. The highest BCUT2D eigenvalue weighted by atomic mass is 35.5. The minimum Gasteiger partial charge on any atom is -0.494 e. The van der Waals surface area contributed by atoms with Gasteiger partial charge >= 0.3 is 5.97 Å². The number of aromatic carboxylic acids is 1. The van der Waals surface area contributed by atoms with E-state index in [2.05, 4.69) is 10.3 Å². The highest BCUT2D eigenvalue weighted by Gasteiger charge is 2.23. The maximum Gasteiger partial charge on any atom is 0.337 e. The summed E-state index contributed by atoms with van der Waals surface area (Å²) < 4.78 is 30.9. The number of sulfonamides is 1. The molecule has 0 heterocycles. The molecule has 0 saturated heterocycles. The zero-order chi connectivity index (χ0) is 21.8. The highest BCUT2D eigenvalue weighted by molar-refractivity contribution is 7.89. The van der Waals surface area contributed by atoms with Gasteiger partial charge in [-0.25, -0.2) is 22.5 Å². The first kappa shape index (κ1) is 22.6. The van der Waals surface area contributed by atoms with Crippen LogP contribution in [-0.4, -0.2) is 51.5 Å². The Balaban J connectivity index is 2.51. The van der Waals surface area contributed by atoms with Gasteiger partial charge in [-0.3, -0.25) is 0 Å². The van der Waals surface area contributed by atoms with Crippen LogP contribution in [0.1, 0.15) is 17.3 Å². The van der Waals surface area contributed by atoms with Crippen LogP contribution in [0.4, 0.5) is 11.4 Å². The standard InChI is InChI=1S/C18H21ClN4O5S/c1-5-23(21-20-15-10-12(19)6-9-17(15)28-4)16-8-7-13(11-14(16)18(24)25)29(26,27)22(2)3/h6-11H,5H2,1-4H3,(H,24,25). The van der Waals surface area contributed by atoms with E-state index in [4.69, 9.17) is 16.3 Å². The molecular formula is C18H21ClN4O5S. The van der Waals surface area contributed by atoms with E-state index in [1.165, 1.54) is 38.3 Å². The third-order valence-electron chi connectivity index (χ3n) is 3.96. The molecule has 156 valence electrons. The molecule has 0 aliphatic heterocycles. The Morgan fingerprint density at radius 2 is 1.90 bits per heavy atom. The van der Waals surface area contributed by atoms with Crippen LogP contribution in [0, 0.1) is 0 Å². The average molecular weight is 441 g/mol. The van der Waals surface area contributed by atoms with Crippen LogP contribution in [0.3, 0.4) is 0 Å². The summed E-state index contributed by atoms with van der Waals surface area (Å²) in [6, 6.07) is 8.65. The van der Waals surface area contributed by atoms with Crippen molar-refractivity contribution < 1.29 is 23.1 Å². The molecule has 9 nitrogen and oxygen atoms in total. The second kappa shape index (κ2) is 9.21. The van der Waals surface area contributed by atoms with E-state index in [1.54, 1.807) is 25.1 Å². The lowest BCUT2D eigenvalue weighted by atomic mass is 10.1. The molecule has 0 fully saturated rings. The van der Waals surface area contributed by atoms with Crippen molar-refractivity contribution in [2.45, 2.75) is 11.8 Å². The first-order valence-electron chi connectivity index (χ1n) is 8.44. The molecule has 0 bridgehead atoms. The largest absolute Gasteiger partial charge is 0.494 e. The Hall–Kier alpha value is -2.69. The third-order valence-corrected chi connectivity index (χ3v) is 6.00. The summed E-state index contributed by atoms with van der Waals surface area (Å²) in [5, 5.41) is 19.6. The van der Waals surface area contributed by atoms with Crippen molar-refractivity contribution in [1.82, 2.24) is 4.31 Å². The first-order chi connectivity index (χ1) is 13.6. The minimum absolute atomic E-state index is 0.131. The third kappa shape index (κ3) is 5.03. The second-order valence-electron chi connectivity index (χ2n) is 5.99. The van der Waals surface area contributed by atoms with Gasteiger partial charge in [0, 0.05) is 25.7 Å². The number of carboxylic acid groups (broad SMARTS) is 1. The van der Waals surface area contributed by atoms with E-state index in [0.717, 1.165) is 10.4 Å². The molecule has 0 aliphatic rings. The van der Waals surface area contributed by atoms with Crippen molar-refractivity contribution in [2.75, 3.05) is 32.8 Å². The fraction of sp³-hybridized carbons (Fsp3) is 0.278. The molecule has 29 heavy (non-hydrogen) atoms. The summed E-state index contributed by atoms with van der Waals surface area (Å²) in [5.41, 5.74) is 0.344. The van der Waals surface area contributed by atoms with Crippen molar-refractivity contribution in [1.29, 1.82) is 0 Å². The molecule has 0 spiro atoms. The van der Waals surface area contributed by atoms with Gasteiger partial charge in [0.2, 0.25) is 10.0 Å². The fourth-order valence-electron chi connectivity index (χ4n) is 2.41. The molecule has 0 unspecified atom stereocenters. The van der Waals surface area contributed by atoms with Crippen molar-refractivity contribution >= 4 is 39.0 Å². The quantitative estimate of drug-likeness (QED) is 0.493. The van der Waals surface area contributed by atoms with Gasteiger partial charge in [0.05, 0.1) is 23.3 Å². The number of hydrogen-bond donors (Lipinski definition) is 1. The van der Waals surface area contributed by atoms with E-state index in [1.807, 2.05) is 0 Å². The maximum absolute atomic E-state index is 12.3. The summed E-state index contributed by atoms with van der Waals surface area (Å²) >= 11 is 5.98. The number of methoxy groups -OCH3 is 1. The molecule has 1 N–H and O–H groups in total. The lowest BCUT2D eigenvalue weighted by molar-refractivity contribution is 0.0697. The van der Waals surface area contributed by atoms with Crippen LogP contribution in [0.2, 0.25) is 5.02 Å². The fourth-order valence-corrected chi connectivity index (χ4v) is 3.50. The molecule has 11 heteroatoms. The van der Waals surface area contributed by atoms with Crippen LogP contribution in [-0.2, 0) is 10.0 Å². The van der Waals surface area contributed by atoms with Gasteiger partial charge < -0.3 is 9.84 Å². The number of rotatable bonds is 8. The molecule has 2 aromatic carbocycles. The monoisotopic (exact) mass is 440 g/mol. The zero-order valence-electron chi connectivity index (χ0n) is 16.3. The van der Waals surface area contributed by atoms with E-state index in [0.29, 0.717) is 16.5 Å². The van der Waals surface area contributed by atoms with Gasteiger partial charge in [0.15, 0.2) is 0 Å². The molecule has 0 aromatic heterocycles. The Morgan fingerprint density at radius 1 is 1.21 bits per heavy atom. The first-order valence-corrected chi connectivity index (χ1v) is 10.3. The number of anilines is 1. The van der Waals surface area contributed by atoms with Gasteiger partial charge in [-0.15, -0.1) is 5.11 Å². The highest BCUT2D eigenvalue weighted by Crippen LogP contribution is 2.32. The summed E-state index contributed by atoms with van der Waals surface area (Å²) in [6.07, 6.45) is 0. The van der Waals surface area contributed by atoms with Crippen molar-refractivity contribution in [3.05, 3.63) is 47.0 Å². The van der Waals surface area contributed by atoms with Crippen LogP contribution < -0.4 is 9.75 Å². The predicted molar refractivity (Wildman–Crippen MR) is 110 cm³/mol. The van der Waals surface area contributed by atoms with E-state index >= 15 is 0 Å². The number of ether oxygens (including phenoxy) is 1. The number of carboxylic acids is 1. The smallest absolute Gasteiger partial charge is 0.337 e. The van der Waals surface area contributed by atoms with Crippen molar-refractivity contribution in [2.24, 2.45) is 10.3 Å². The Bertz CT molecular complexity index is 1040. The minimum atomic E-state index is -3.78. The van der Waals surface area contributed by atoms with Crippen molar-refractivity contribution in [3.63, 3.8) is 0 Å². The Morgan fingerprint density at radius 3 is 2.45 bits per heavy atom. The average Bonchev–Trinajstić information content (AvgIpc) is 2.68. The zero-order valence-corrected chi connectivity index (χ0v) is 17.9. The second-order valence-corrected chi connectivity index (χ2v) is 8.58. The Labute approximate surface area is 174 Å². The number of halogens is 1. The van der Waals surface area contributed by atoms with E-state index in [-0.39, 0.29) is 22.7 Å². The van der Waals surface area contributed by atoms with E-state index in [9.17, 15) is 18.3 Å². The normalized spacial score (nSPS) is 11.8. The lowest BCUT2D eigenvalue weighted by Crippen LogP contribution is -2.23. The number of carbonyl (C=O) groups is 1. The van der Waals surface area contributed by atoms with E-state index < -0.39 is 16.0 Å². The Kier molecular flexibility index (Phi) is 7.17. The van der Waals surface area contributed by atoms with Crippen LogP contribution in [0.25, 0.3) is 0 Å². The predicted octanol–water partition coefficient (Wildman–Crippen LogP) is 3.82. The topological polar surface area (TPSA) is 112 Å². The number of nitrogens with zero attached hydrogens (tertiary/aromatic N) is 4. The summed E-state index contributed by atoms with van der Waals surface area (Å²) in [6.45, 7) is 2.04. The van der Waals surface area contributed by atoms with Crippen LogP contribution >= 0.6 is 11.6 Å². The molecule has 2 rings (SSSR count). The number of benzene rings is 2.